The molecule has 3 nitrogen and oxygen atoms in total. The average molecular weight is 241 g/mol. The normalized spacial score (nSPS) is 15.6. The molecule has 0 saturated carbocycles. The molecule has 18 heavy (non-hydrogen) atoms. The zero-order valence-corrected chi connectivity index (χ0v) is 10.5. The molecule has 1 N–H and O–H groups in total. The second-order valence-corrected chi connectivity index (χ2v) is 4.96. The molecule has 1 aliphatic heterocycles. The average Bonchev–Trinajstić information content (AvgIpc) is 2.77. The van der Waals surface area contributed by atoms with Gasteiger partial charge in [0, 0.05) is 37.4 Å². The Morgan fingerprint density at radius 3 is 2.78 bits per heavy atom. The Hall–Kier alpha value is -1.61. The van der Waals surface area contributed by atoms with Crippen LogP contribution in [0.25, 0.3) is 0 Å². The van der Waals surface area contributed by atoms with E-state index in [1.807, 2.05) is 12.5 Å². The van der Waals surface area contributed by atoms with Gasteiger partial charge < -0.3 is 9.88 Å². The van der Waals surface area contributed by atoms with Crippen molar-refractivity contribution in [2.45, 2.75) is 25.3 Å². The maximum atomic E-state index is 4.29. The molecule has 0 atom stereocenters. The molecule has 0 bridgehead atoms. The van der Waals surface area contributed by atoms with Gasteiger partial charge in [0.1, 0.15) is 0 Å². The number of benzene rings is 1. The van der Waals surface area contributed by atoms with Gasteiger partial charge in [0.15, 0.2) is 0 Å². The maximum absolute atomic E-state index is 4.29. The summed E-state index contributed by atoms with van der Waals surface area (Å²) in [5.74, 6) is 0.671. The fourth-order valence-electron chi connectivity index (χ4n) is 2.45. The van der Waals surface area contributed by atoms with Crippen molar-refractivity contribution in [3.8, 4) is 0 Å². The minimum atomic E-state index is 0.671. The van der Waals surface area contributed by atoms with Crippen LogP contribution < -0.4 is 5.32 Å². The molecule has 3 rings (SSSR count). The zero-order chi connectivity index (χ0) is 12.2. The third-order valence-corrected chi connectivity index (χ3v) is 3.65. The number of nitrogens with one attached hydrogen (secondary N) is 1. The molecule has 1 aromatic carbocycles. The standard InChI is InChI=1S/C15H19N3/c1-2-5-13(6-3-1)7-4-8-18-12-17-11-15(18)14-9-16-10-14/h1-3,5-6,11-12,14,16H,4,7-10H2. The van der Waals surface area contributed by atoms with Crippen molar-refractivity contribution in [1.82, 2.24) is 14.9 Å². The molecule has 0 spiro atoms. The molecule has 2 aromatic rings. The molecule has 3 heteroatoms. The van der Waals surface area contributed by atoms with Gasteiger partial charge in [-0.2, -0.15) is 0 Å². The summed E-state index contributed by atoms with van der Waals surface area (Å²) in [6, 6.07) is 10.7. The minimum absolute atomic E-state index is 0.671. The first-order valence-corrected chi connectivity index (χ1v) is 6.68. The second-order valence-electron chi connectivity index (χ2n) is 4.96. The number of rotatable bonds is 5. The van der Waals surface area contributed by atoms with E-state index < -0.39 is 0 Å². The molecular weight excluding hydrogens is 222 g/mol. The first-order valence-electron chi connectivity index (χ1n) is 6.68. The molecule has 94 valence electrons. The van der Waals surface area contributed by atoms with E-state index >= 15 is 0 Å². The van der Waals surface area contributed by atoms with Crippen molar-refractivity contribution in [3.63, 3.8) is 0 Å². The van der Waals surface area contributed by atoms with Crippen LogP contribution >= 0.6 is 0 Å². The van der Waals surface area contributed by atoms with E-state index in [-0.39, 0.29) is 0 Å². The molecular formula is C15H19N3. The van der Waals surface area contributed by atoms with Gasteiger partial charge in [-0.25, -0.2) is 4.98 Å². The van der Waals surface area contributed by atoms with E-state index in [1.54, 1.807) is 0 Å². The number of aromatic nitrogens is 2. The highest BCUT2D eigenvalue weighted by Crippen LogP contribution is 2.19. The predicted molar refractivity (Wildman–Crippen MR) is 72.6 cm³/mol. The van der Waals surface area contributed by atoms with Crippen LogP contribution in [0.4, 0.5) is 0 Å². The van der Waals surface area contributed by atoms with E-state index in [1.165, 1.54) is 17.7 Å². The summed E-state index contributed by atoms with van der Waals surface area (Å²) in [4.78, 5) is 4.29. The SMILES string of the molecule is c1ccc(CCCn2cncc2C2CNC2)cc1. The highest BCUT2D eigenvalue weighted by Gasteiger charge is 2.21. The fourth-order valence-corrected chi connectivity index (χ4v) is 2.45. The molecule has 0 unspecified atom stereocenters. The summed E-state index contributed by atoms with van der Waals surface area (Å²) < 4.78 is 2.31. The Morgan fingerprint density at radius 1 is 1.22 bits per heavy atom. The largest absolute Gasteiger partial charge is 0.334 e. The Labute approximate surface area is 108 Å². The summed E-state index contributed by atoms with van der Waals surface area (Å²) in [6.45, 7) is 3.27. The smallest absolute Gasteiger partial charge is 0.0948 e. The number of hydrogen-bond donors (Lipinski definition) is 1. The molecule has 0 radical (unpaired) electrons. The number of hydrogen-bond acceptors (Lipinski definition) is 2. The summed E-state index contributed by atoms with van der Waals surface area (Å²) in [6.07, 6.45) is 6.31. The van der Waals surface area contributed by atoms with Crippen molar-refractivity contribution in [2.24, 2.45) is 0 Å². The zero-order valence-electron chi connectivity index (χ0n) is 10.5. The molecule has 1 aliphatic rings. The summed E-state index contributed by atoms with van der Waals surface area (Å²) >= 11 is 0. The van der Waals surface area contributed by atoms with Crippen LogP contribution in [0.1, 0.15) is 23.6 Å². The van der Waals surface area contributed by atoms with E-state index in [0.29, 0.717) is 5.92 Å². The highest BCUT2D eigenvalue weighted by molar-refractivity contribution is 5.15. The van der Waals surface area contributed by atoms with E-state index in [0.717, 1.165) is 26.1 Å². The van der Waals surface area contributed by atoms with Gasteiger partial charge in [-0.3, -0.25) is 0 Å². The molecule has 1 fully saturated rings. The first-order chi connectivity index (χ1) is 8.93. The van der Waals surface area contributed by atoms with Crippen LogP contribution in [0.15, 0.2) is 42.9 Å². The number of nitrogens with zero attached hydrogens (tertiary/aromatic N) is 2. The van der Waals surface area contributed by atoms with Gasteiger partial charge in [0.2, 0.25) is 0 Å². The lowest BCUT2D eigenvalue weighted by molar-refractivity contribution is 0.421. The van der Waals surface area contributed by atoms with Gasteiger partial charge in [0.05, 0.1) is 6.33 Å². The minimum Gasteiger partial charge on any atom is -0.334 e. The Kier molecular flexibility index (Phi) is 3.42. The molecule has 0 aliphatic carbocycles. The highest BCUT2D eigenvalue weighted by atomic mass is 15.1. The van der Waals surface area contributed by atoms with Crippen LogP contribution in [0, 0.1) is 0 Å². The van der Waals surface area contributed by atoms with E-state index in [4.69, 9.17) is 0 Å². The monoisotopic (exact) mass is 241 g/mol. The maximum Gasteiger partial charge on any atom is 0.0948 e. The molecule has 2 heterocycles. The lowest BCUT2D eigenvalue weighted by atomic mass is 10.00. The van der Waals surface area contributed by atoms with Gasteiger partial charge in [-0.05, 0) is 18.4 Å². The van der Waals surface area contributed by atoms with Gasteiger partial charge >= 0.3 is 0 Å². The van der Waals surface area contributed by atoms with Crippen LogP contribution in [0.2, 0.25) is 0 Å². The fraction of sp³-hybridized carbons (Fsp3) is 0.400. The Bertz CT molecular complexity index is 485. The summed E-state index contributed by atoms with van der Waals surface area (Å²) in [5, 5.41) is 3.32. The Balaban J connectivity index is 1.55. The van der Waals surface area contributed by atoms with Crippen LogP contribution in [0.5, 0.6) is 0 Å². The van der Waals surface area contributed by atoms with Crippen LogP contribution in [-0.2, 0) is 13.0 Å². The molecule has 1 aromatic heterocycles. The molecule has 0 amide bonds. The Morgan fingerprint density at radius 2 is 2.06 bits per heavy atom. The summed E-state index contributed by atoms with van der Waals surface area (Å²) in [5.41, 5.74) is 2.81. The lowest BCUT2D eigenvalue weighted by Gasteiger charge is -2.27. The summed E-state index contributed by atoms with van der Waals surface area (Å²) in [7, 11) is 0. The predicted octanol–water partition coefficient (Wildman–Crippen LogP) is 2.20. The second kappa shape index (κ2) is 5.36. The van der Waals surface area contributed by atoms with Crippen molar-refractivity contribution in [3.05, 3.63) is 54.1 Å². The number of imidazole rings is 1. The number of aryl methyl sites for hydroxylation is 2. The van der Waals surface area contributed by atoms with E-state index in [9.17, 15) is 0 Å². The third kappa shape index (κ3) is 2.46. The van der Waals surface area contributed by atoms with Crippen molar-refractivity contribution >= 4 is 0 Å². The van der Waals surface area contributed by atoms with Crippen molar-refractivity contribution in [1.29, 1.82) is 0 Å². The quantitative estimate of drug-likeness (QED) is 0.869. The third-order valence-electron chi connectivity index (χ3n) is 3.65. The lowest BCUT2D eigenvalue weighted by Crippen LogP contribution is -2.40. The van der Waals surface area contributed by atoms with Gasteiger partial charge in [-0.15, -0.1) is 0 Å². The van der Waals surface area contributed by atoms with Crippen molar-refractivity contribution < 1.29 is 0 Å². The van der Waals surface area contributed by atoms with Crippen LogP contribution in [-0.4, -0.2) is 22.6 Å². The molecule has 1 saturated heterocycles. The first kappa shape index (κ1) is 11.5. The van der Waals surface area contributed by atoms with Gasteiger partial charge in [-0.1, -0.05) is 30.3 Å². The topological polar surface area (TPSA) is 29.9 Å². The van der Waals surface area contributed by atoms with Crippen LogP contribution in [0.3, 0.4) is 0 Å². The van der Waals surface area contributed by atoms with Crippen molar-refractivity contribution in [2.75, 3.05) is 13.1 Å². The van der Waals surface area contributed by atoms with E-state index in [2.05, 4.69) is 45.2 Å². The van der Waals surface area contributed by atoms with Gasteiger partial charge in [0.25, 0.3) is 0 Å².